The maximum Gasteiger partial charge on any atom is 0.469 e. The van der Waals surface area contributed by atoms with Crippen molar-refractivity contribution < 1.29 is 37.9 Å². The second-order valence-corrected chi connectivity index (χ2v) is 14.1. The molecule has 0 aromatic heterocycles. The van der Waals surface area contributed by atoms with Crippen molar-refractivity contribution in [3.63, 3.8) is 0 Å². The molecule has 0 saturated heterocycles. The number of ether oxygens (including phenoxy) is 2. The Morgan fingerprint density at radius 3 is 1.45 bits per heavy atom. The Morgan fingerprint density at radius 1 is 0.531 bits per heavy atom. The summed E-state index contributed by atoms with van der Waals surface area (Å²) in [6, 6.07) is 0. The van der Waals surface area contributed by atoms with Crippen LogP contribution in [0.3, 0.4) is 0 Å². The standard InChI is InChI=1S/C40H71O8P/c1-3-5-7-9-11-13-15-17-19-20-21-23-25-27-29-31-33-35-40(42)48-38(37-47-49(43,44)45)36-46-39(41)34-32-30-28-26-24-22-18-16-14-12-10-8-6-4-2/h7,9,13,15,19-20,23,25,38H,3-6,8,10-12,14,16-18,21-22,24,26-37H2,1-2H3,(H2,43,44,45)/b9-7+,15-13+,20-19+,25-23+/t38-/m1/s1. The summed E-state index contributed by atoms with van der Waals surface area (Å²) in [5, 5.41) is 0. The first-order valence-electron chi connectivity index (χ1n) is 19.4. The molecule has 49 heavy (non-hydrogen) atoms. The summed E-state index contributed by atoms with van der Waals surface area (Å²) in [4.78, 5) is 42.7. The molecule has 9 heteroatoms. The minimum absolute atomic E-state index is 0.174. The molecule has 0 heterocycles. The molecule has 1 atom stereocenters. The van der Waals surface area contributed by atoms with Crippen LogP contribution in [0.1, 0.15) is 174 Å². The molecule has 0 aliphatic heterocycles. The van der Waals surface area contributed by atoms with E-state index in [4.69, 9.17) is 19.3 Å². The average Bonchev–Trinajstić information content (AvgIpc) is 3.07. The van der Waals surface area contributed by atoms with Crippen LogP contribution >= 0.6 is 7.82 Å². The van der Waals surface area contributed by atoms with Gasteiger partial charge in [-0.15, -0.1) is 0 Å². The molecule has 0 rings (SSSR count). The lowest BCUT2D eigenvalue weighted by molar-refractivity contribution is -0.161. The minimum atomic E-state index is -4.76. The molecule has 0 aromatic carbocycles. The highest BCUT2D eigenvalue weighted by Crippen LogP contribution is 2.36. The lowest BCUT2D eigenvalue weighted by Gasteiger charge is -2.18. The Morgan fingerprint density at radius 2 is 0.959 bits per heavy atom. The summed E-state index contributed by atoms with van der Waals surface area (Å²) >= 11 is 0. The number of carbonyl (C=O) groups is 2. The maximum absolute atomic E-state index is 12.4. The van der Waals surface area contributed by atoms with Gasteiger partial charge in [-0.05, 0) is 51.4 Å². The predicted molar refractivity (Wildman–Crippen MR) is 202 cm³/mol. The largest absolute Gasteiger partial charge is 0.469 e. The molecule has 0 bridgehead atoms. The van der Waals surface area contributed by atoms with E-state index in [-0.39, 0.29) is 19.4 Å². The van der Waals surface area contributed by atoms with Crippen LogP contribution in [-0.2, 0) is 28.2 Å². The number of esters is 2. The number of allylic oxidation sites excluding steroid dienone is 8. The summed E-state index contributed by atoms with van der Waals surface area (Å²) in [5.41, 5.74) is 0. The van der Waals surface area contributed by atoms with Crippen LogP contribution in [0.2, 0.25) is 0 Å². The van der Waals surface area contributed by atoms with Gasteiger partial charge < -0.3 is 19.3 Å². The van der Waals surface area contributed by atoms with Crippen molar-refractivity contribution in [2.24, 2.45) is 0 Å². The zero-order valence-electron chi connectivity index (χ0n) is 31.1. The van der Waals surface area contributed by atoms with Gasteiger partial charge in [-0.1, -0.05) is 159 Å². The summed E-state index contributed by atoms with van der Waals surface area (Å²) < 4.78 is 26.3. The fraction of sp³-hybridized carbons (Fsp3) is 0.750. The first-order chi connectivity index (χ1) is 23.8. The first kappa shape index (κ1) is 47.0. The van der Waals surface area contributed by atoms with Crippen molar-refractivity contribution in [2.45, 2.75) is 180 Å². The van der Waals surface area contributed by atoms with E-state index in [9.17, 15) is 14.2 Å². The highest BCUT2D eigenvalue weighted by Gasteiger charge is 2.22. The van der Waals surface area contributed by atoms with Crippen molar-refractivity contribution in [1.82, 2.24) is 0 Å². The summed E-state index contributed by atoms with van der Waals surface area (Å²) in [7, 11) is -4.76. The van der Waals surface area contributed by atoms with Crippen molar-refractivity contribution >= 4 is 19.8 Å². The SMILES string of the molecule is CCC/C=C/C/C=C/C/C=C/C/C=C/CCCCCC(=O)O[C@H](COC(=O)CCCCCCCCCCCCCCCC)COP(=O)(O)O. The van der Waals surface area contributed by atoms with Gasteiger partial charge in [0, 0.05) is 12.8 Å². The molecule has 0 radical (unpaired) electrons. The van der Waals surface area contributed by atoms with E-state index in [1.807, 2.05) is 0 Å². The van der Waals surface area contributed by atoms with Crippen molar-refractivity contribution in [2.75, 3.05) is 13.2 Å². The van der Waals surface area contributed by atoms with E-state index in [0.29, 0.717) is 6.42 Å². The molecule has 0 spiro atoms. The van der Waals surface area contributed by atoms with Gasteiger partial charge in [-0.2, -0.15) is 0 Å². The van der Waals surface area contributed by atoms with Gasteiger partial charge in [0.25, 0.3) is 0 Å². The number of hydrogen-bond donors (Lipinski definition) is 2. The molecule has 8 nitrogen and oxygen atoms in total. The molecule has 0 aliphatic carbocycles. The number of phosphoric ester groups is 1. The van der Waals surface area contributed by atoms with Gasteiger partial charge in [0.1, 0.15) is 6.61 Å². The second-order valence-electron chi connectivity index (χ2n) is 12.9. The minimum Gasteiger partial charge on any atom is -0.462 e. The smallest absolute Gasteiger partial charge is 0.462 e. The molecule has 284 valence electrons. The van der Waals surface area contributed by atoms with Crippen LogP contribution in [0.15, 0.2) is 48.6 Å². The number of hydrogen-bond acceptors (Lipinski definition) is 6. The van der Waals surface area contributed by atoms with Crippen molar-refractivity contribution in [1.29, 1.82) is 0 Å². The lowest BCUT2D eigenvalue weighted by atomic mass is 10.0. The van der Waals surface area contributed by atoms with Gasteiger partial charge in [-0.3, -0.25) is 14.1 Å². The van der Waals surface area contributed by atoms with Crippen LogP contribution in [0.4, 0.5) is 0 Å². The third kappa shape index (κ3) is 38.7. The molecule has 0 amide bonds. The monoisotopic (exact) mass is 710 g/mol. The van der Waals surface area contributed by atoms with Crippen LogP contribution in [0.25, 0.3) is 0 Å². The summed E-state index contributed by atoms with van der Waals surface area (Å²) in [6.45, 7) is 3.58. The fourth-order valence-corrected chi connectivity index (χ4v) is 5.55. The topological polar surface area (TPSA) is 119 Å². The summed E-state index contributed by atoms with van der Waals surface area (Å²) in [6.07, 6.45) is 42.5. The van der Waals surface area contributed by atoms with Crippen LogP contribution < -0.4 is 0 Å². The van der Waals surface area contributed by atoms with E-state index >= 15 is 0 Å². The zero-order chi connectivity index (χ0) is 36.1. The Kier molecular flexibility index (Phi) is 34.4. The molecule has 0 aromatic rings. The van der Waals surface area contributed by atoms with Crippen molar-refractivity contribution in [3.05, 3.63) is 48.6 Å². The highest BCUT2D eigenvalue weighted by atomic mass is 31.2. The van der Waals surface area contributed by atoms with E-state index < -0.39 is 32.5 Å². The van der Waals surface area contributed by atoms with Gasteiger partial charge in [0.05, 0.1) is 6.61 Å². The Labute approximate surface area is 299 Å². The Balaban J connectivity index is 4.02. The van der Waals surface area contributed by atoms with Crippen LogP contribution in [-0.4, -0.2) is 41.0 Å². The average molecular weight is 711 g/mol. The number of unbranched alkanes of at least 4 members (excludes halogenated alkanes) is 17. The van der Waals surface area contributed by atoms with Crippen LogP contribution in [0, 0.1) is 0 Å². The van der Waals surface area contributed by atoms with E-state index in [2.05, 4.69) is 67.0 Å². The van der Waals surface area contributed by atoms with Gasteiger partial charge in [0.2, 0.25) is 0 Å². The van der Waals surface area contributed by atoms with Crippen molar-refractivity contribution in [3.8, 4) is 0 Å². The predicted octanol–water partition coefficient (Wildman–Crippen LogP) is 11.6. The highest BCUT2D eigenvalue weighted by molar-refractivity contribution is 7.46. The first-order valence-corrected chi connectivity index (χ1v) is 21.0. The molecular weight excluding hydrogens is 639 g/mol. The number of rotatable bonds is 35. The van der Waals surface area contributed by atoms with Gasteiger partial charge >= 0.3 is 19.8 Å². The molecule has 0 saturated carbocycles. The van der Waals surface area contributed by atoms with Crippen LogP contribution in [0.5, 0.6) is 0 Å². The fourth-order valence-electron chi connectivity index (χ4n) is 5.19. The lowest BCUT2D eigenvalue weighted by Crippen LogP contribution is -2.29. The Hall–Kier alpha value is -1.99. The van der Waals surface area contributed by atoms with E-state index in [1.54, 1.807) is 0 Å². The Bertz CT molecular complexity index is 937. The molecular formula is C40H71O8P. The molecule has 0 aliphatic rings. The second kappa shape index (κ2) is 35.8. The number of phosphoric acid groups is 1. The number of carbonyl (C=O) groups excluding carboxylic acids is 2. The normalized spacial score (nSPS) is 13.0. The van der Waals surface area contributed by atoms with Gasteiger partial charge in [0.15, 0.2) is 6.10 Å². The van der Waals surface area contributed by atoms with E-state index in [0.717, 1.165) is 64.2 Å². The molecule has 0 unspecified atom stereocenters. The third-order valence-electron chi connectivity index (χ3n) is 8.08. The van der Waals surface area contributed by atoms with E-state index in [1.165, 1.54) is 77.0 Å². The molecule has 0 fully saturated rings. The molecule has 2 N–H and O–H groups in total. The quantitative estimate of drug-likeness (QED) is 0.0289. The maximum atomic E-state index is 12.4. The van der Waals surface area contributed by atoms with Gasteiger partial charge in [-0.25, -0.2) is 4.57 Å². The summed E-state index contributed by atoms with van der Waals surface area (Å²) in [5.74, 6) is -0.920. The zero-order valence-corrected chi connectivity index (χ0v) is 32.0. The third-order valence-corrected chi connectivity index (χ3v) is 8.57.